The summed E-state index contributed by atoms with van der Waals surface area (Å²) in [7, 11) is 0. The Morgan fingerprint density at radius 3 is 2.06 bits per heavy atom. The van der Waals surface area contributed by atoms with Gasteiger partial charge in [-0.3, -0.25) is 0 Å². The van der Waals surface area contributed by atoms with Gasteiger partial charge >= 0.3 is 0 Å². The van der Waals surface area contributed by atoms with Crippen LogP contribution in [0.25, 0.3) is 11.1 Å². The second-order valence-corrected chi connectivity index (χ2v) is 9.37. The first kappa shape index (κ1) is 24.6. The highest BCUT2D eigenvalue weighted by atomic mass is 19.3. The molecule has 172 valence electrons. The Kier molecular flexibility index (Phi) is 8.03. The van der Waals surface area contributed by atoms with Crippen molar-refractivity contribution < 1.29 is 8.78 Å². The first-order valence-electron chi connectivity index (χ1n) is 11.8. The van der Waals surface area contributed by atoms with Gasteiger partial charge in [0, 0.05) is 12.5 Å². The van der Waals surface area contributed by atoms with Gasteiger partial charge in [0.05, 0.1) is 11.6 Å². The standard InChI is InChI=1S/C30H33F2N/c1-4-19-29(2,20-6-5-8-23-11-15-28(16-12-23)30(3,31)32)27-17-13-25(14-18-27)26-10-7-9-24(21-26)22-33/h7,9-18,21H,4-6,8,19-20H2,1-3H3. The molecule has 0 aromatic heterocycles. The van der Waals surface area contributed by atoms with Crippen molar-refractivity contribution >= 4 is 0 Å². The van der Waals surface area contributed by atoms with Crippen molar-refractivity contribution in [2.75, 3.05) is 0 Å². The number of nitriles is 1. The van der Waals surface area contributed by atoms with Crippen LogP contribution in [0.1, 0.15) is 75.1 Å². The minimum atomic E-state index is -2.78. The highest BCUT2D eigenvalue weighted by Crippen LogP contribution is 2.36. The van der Waals surface area contributed by atoms with Gasteiger partial charge in [0.25, 0.3) is 5.92 Å². The van der Waals surface area contributed by atoms with E-state index in [1.165, 1.54) is 5.56 Å². The maximum Gasteiger partial charge on any atom is 0.270 e. The van der Waals surface area contributed by atoms with Crippen molar-refractivity contribution in [2.24, 2.45) is 0 Å². The molecule has 0 aliphatic rings. The topological polar surface area (TPSA) is 23.8 Å². The van der Waals surface area contributed by atoms with Crippen molar-refractivity contribution in [3.05, 3.63) is 95.1 Å². The summed E-state index contributed by atoms with van der Waals surface area (Å²) in [5, 5.41) is 9.16. The third kappa shape index (κ3) is 6.51. The number of nitrogens with zero attached hydrogens (tertiary/aromatic N) is 1. The molecule has 0 aliphatic heterocycles. The molecule has 0 aliphatic carbocycles. The molecule has 3 heteroatoms. The molecule has 3 aromatic rings. The van der Waals surface area contributed by atoms with Gasteiger partial charge in [-0.05, 0) is 65.5 Å². The van der Waals surface area contributed by atoms with E-state index in [1.54, 1.807) is 12.1 Å². The number of aryl methyl sites for hydroxylation is 1. The number of benzene rings is 3. The van der Waals surface area contributed by atoms with Gasteiger partial charge in [0.2, 0.25) is 0 Å². The predicted molar refractivity (Wildman–Crippen MR) is 132 cm³/mol. The van der Waals surface area contributed by atoms with Crippen LogP contribution in [0.5, 0.6) is 0 Å². The van der Waals surface area contributed by atoms with Gasteiger partial charge in [0.1, 0.15) is 0 Å². The molecule has 33 heavy (non-hydrogen) atoms. The molecule has 0 heterocycles. The first-order chi connectivity index (χ1) is 15.7. The Morgan fingerprint density at radius 2 is 1.45 bits per heavy atom. The fourth-order valence-electron chi connectivity index (χ4n) is 4.61. The SMILES string of the molecule is CCCC(C)(CCCCc1ccc(C(C)(F)F)cc1)c1ccc(-c2cccc(C#N)c2)cc1. The zero-order valence-electron chi connectivity index (χ0n) is 19.9. The molecule has 0 N–H and O–H groups in total. The third-order valence-corrected chi connectivity index (χ3v) is 6.61. The van der Waals surface area contributed by atoms with Crippen molar-refractivity contribution in [3.8, 4) is 17.2 Å². The molecule has 0 radical (unpaired) electrons. The minimum absolute atomic E-state index is 0.0737. The van der Waals surface area contributed by atoms with Crippen LogP contribution in [0.15, 0.2) is 72.8 Å². The van der Waals surface area contributed by atoms with Crippen LogP contribution in [0.2, 0.25) is 0 Å². The molecule has 0 saturated heterocycles. The van der Waals surface area contributed by atoms with E-state index in [0.717, 1.165) is 62.1 Å². The molecular formula is C30H33F2N. The largest absolute Gasteiger partial charge is 0.270 e. The van der Waals surface area contributed by atoms with Crippen LogP contribution in [0.4, 0.5) is 8.78 Å². The lowest BCUT2D eigenvalue weighted by molar-refractivity contribution is 0.0174. The second kappa shape index (κ2) is 10.8. The Balaban J connectivity index is 1.62. The molecule has 0 fully saturated rings. The fourth-order valence-corrected chi connectivity index (χ4v) is 4.61. The summed E-state index contributed by atoms with van der Waals surface area (Å²) < 4.78 is 26.8. The number of halogens is 2. The molecule has 0 amide bonds. The van der Waals surface area contributed by atoms with Crippen molar-refractivity contribution in [3.63, 3.8) is 0 Å². The van der Waals surface area contributed by atoms with Gasteiger partial charge in [-0.25, -0.2) is 8.78 Å². The van der Waals surface area contributed by atoms with Gasteiger partial charge < -0.3 is 0 Å². The Hall–Kier alpha value is -2.99. The summed E-state index contributed by atoms with van der Waals surface area (Å²) in [5.74, 6) is -2.78. The van der Waals surface area contributed by atoms with Crippen LogP contribution < -0.4 is 0 Å². The number of hydrogen-bond acceptors (Lipinski definition) is 1. The molecule has 3 aromatic carbocycles. The van der Waals surface area contributed by atoms with Gasteiger partial charge in [-0.15, -0.1) is 0 Å². The lowest BCUT2D eigenvalue weighted by Crippen LogP contribution is -2.21. The monoisotopic (exact) mass is 445 g/mol. The van der Waals surface area contributed by atoms with Crippen LogP contribution in [-0.2, 0) is 17.8 Å². The molecule has 1 unspecified atom stereocenters. The Labute approximate surface area is 197 Å². The summed E-state index contributed by atoms with van der Waals surface area (Å²) in [6.07, 6.45) is 6.38. The Bertz CT molecular complexity index is 1070. The van der Waals surface area contributed by atoms with Crippen LogP contribution in [0, 0.1) is 11.3 Å². The van der Waals surface area contributed by atoms with E-state index in [-0.39, 0.29) is 11.0 Å². The zero-order valence-corrected chi connectivity index (χ0v) is 19.9. The van der Waals surface area contributed by atoms with Crippen LogP contribution in [-0.4, -0.2) is 0 Å². The molecule has 1 atom stereocenters. The summed E-state index contributed by atoms with van der Waals surface area (Å²) in [6.45, 7) is 5.51. The predicted octanol–water partition coefficient (Wildman–Crippen LogP) is 8.81. The van der Waals surface area contributed by atoms with Crippen molar-refractivity contribution in [2.45, 2.75) is 70.6 Å². The lowest BCUT2D eigenvalue weighted by atomic mass is 9.74. The number of alkyl halides is 2. The van der Waals surface area contributed by atoms with Crippen molar-refractivity contribution in [1.82, 2.24) is 0 Å². The number of hydrogen-bond donors (Lipinski definition) is 0. The van der Waals surface area contributed by atoms with E-state index in [0.29, 0.717) is 5.56 Å². The average molecular weight is 446 g/mol. The molecule has 0 bridgehead atoms. The first-order valence-corrected chi connectivity index (χ1v) is 11.8. The fraction of sp³-hybridized carbons (Fsp3) is 0.367. The number of rotatable bonds is 10. The van der Waals surface area contributed by atoms with Gasteiger partial charge in [-0.2, -0.15) is 5.26 Å². The number of unbranched alkanes of at least 4 members (excludes halogenated alkanes) is 1. The summed E-state index contributed by atoms with van der Waals surface area (Å²) >= 11 is 0. The second-order valence-electron chi connectivity index (χ2n) is 9.37. The van der Waals surface area contributed by atoms with E-state index in [1.807, 2.05) is 36.4 Å². The Morgan fingerprint density at radius 1 is 0.788 bits per heavy atom. The molecule has 0 saturated carbocycles. The summed E-state index contributed by atoms with van der Waals surface area (Å²) in [6, 6.07) is 25.4. The van der Waals surface area contributed by atoms with Crippen LogP contribution in [0.3, 0.4) is 0 Å². The quantitative estimate of drug-likeness (QED) is 0.286. The minimum Gasteiger partial charge on any atom is -0.202 e. The molecule has 3 rings (SSSR count). The lowest BCUT2D eigenvalue weighted by Gasteiger charge is -2.30. The summed E-state index contributed by atoms with van der Waals surface area (Å²) in [4.78, 5) is 0. The summed E-state index contributed by atoms with van der Waals surface area (Å²) in [5.41, 5.74) is 5.49. The normalized spacial score (nSPS) is 13.3. The van der Waals surface area contributed by atoms with Crippen LogP contribution >= 0.6 is 0 Å². The van der Waals surface area contributed by atoms with E-state index < -0.39 is 5.92 Å². The maximum atomic E-state index is 13.4. The average Bonchev–Trinajstić information content (AvgIpc) is 2.82. The van der Waals surface area contributed by atoms with Crippen molar-refractivity contribution in [1.29, 1.82) is 5.26 Å². The third-order valence-electron chi connectivity index (χ3n) is 6.61. The van der Waals surface area contributed by atoms with Gasteiger partial charge in [0.15, 0.2) is 0 Å². The highest BCUT2D eigenvalue weighted by molar-refractivity contribution is 5.65. The van der Waals surface area contributed by atoms with E-state index in [9.17, 15) is 8.78 Å². The highest BCUT2D eigenvalue weighted by Gasteiger charge is 2.25. The molecular weight excluding hydrogens is 412 g/mol. The van der Waals surface area contributed by atoms with Gasteiger partial charge in [-0.1, -0.05) is 87.4 Å². The molecule has 0 spiro atoms. The molecule has 1 nitrogen and oxygen atoms in total. The van der Waals surface area contributed by atoms with E-state index >= 15 is 0 Å². The zero-order chi connectivity index (χ0) is 23.9. The van der Waals surface area contributed by atoms with E-state index in [4.69, 9.17) is 5.26 Å². The van der Waals surface area contributed by atoms with E-state index in [2.05, 4.69) is 44.2 Å². The smallest absolute Gasteiger partial charge is 0.202 e. The maximum absolute atomic E-state index is 13.4.